The smallest absolute Gasteiger partial charge is 0.0822 e. The summed E-state index contributed by atoms with van der Waals surface area (Å²) in [6, 6.07) is 0.162. The summed E-state index contributed by atoms with van der Waals surface area (Å²) in [5, 5.41) is 14.3. The predicted octanol–water partition coefficient (Wildman–Crippen LogP) is 3.05. The van der Waals surface area contributed by atoms with Crippen LogP contribution in [0.2, 0.25) is 0 Å². The van der Waals surface area contributed by atoms with Crippen molar-refractivity contribution < 1.29 is 14.6 Å². The van der Waals surface area contributed by atoms with Crippen molar-refractivity contribution in [1.29, 1.82) is 0 Å². The summed E-state index contributed by atoms with van der Waals surface area (Å²) in [5.74, 6) is 2.34. The summed E-state index contributed by atoms with van der Waals surface area (Å²) in [6.45, 7) is 16.0. The Hall–Kier alpha value is -0.200. The van der Waals surface area contributed by atoms with E-state index in [1.165, 1.54) is 0 Å². The van der Waals surface area contributed by atoms with Crippen molar-refractivity contribution in [3.63, 3.8) is 0 Å². The van der Waals surface area contributed by atoms with E-state index < -0.39 is 6.10 Å². The fourth-order valence-electron chi connectivity index (χ4n) is 4.51. The number of hydrogen-bond donors (Lipinski definition) is 3. The van der Waals surface area contributed by atoms with Crippen molar-refractivity contribution >= 4 is 0 Å². The summed E-state index contributed by atoms with van der Waals surface area (Å²) >= 11 is 0. The molecule has 1 heterocycles. The lowest BCUT2D eigenvalue weighted by atomic mass is 9.65. The molecule has 0 saturated carbocycles. The molecule has 5 heteroatoms. The maximum Gasteiger partial charge on any atom is 0.0822 e. The minimum Gasteiger partial charge on any atom is -0.392 e. The largest absolute Gasteiger partial charge is 0.392 e. The van der Waals surface area contributed by atoms with Crippen LogP contribution in [0.3, 0.4) is 0 Å². The maximum atomic E-state index is 10.5. The third-order valence-corrected chi connectivity index (χ3v) is 6.59. The number of methoxy groups -OCH3 is 1. The SMILES string of the molecule is CCC(C)C(CC(O)C(C)N)C(C(C)C)C(COC)C(C)NCCC1CO1. The van der Waals surface area contributed by atoms with Crippen LogP contribution in [0.25, 0.3) is 0 Å². The van der Waals surface area contributed by atoms with Crippen molar-refractivity contribution in [2.45, 2.75) is 85.1 Å². The Bertz CT molecular complexity index is 388. The molecule has 4 N–H and O–H groups in total. The average molecular weight is 387 g/mol. The molecular formula is C22H46N2O3. The van der Waals surface area contributed by atoms with E-state index in [0.29, 0.717) is 41.7 Å². The first kappa shape index (κ1) is 24.8. The molecule has 0 radical (unpaired) electrons. The molecule has 1 saturated heterocycles. The first-order chi connectivity index (χ1) is 12.7. The number of nitrogens with one attached hydrogen (secondary N) is 1. The Morgan fingerprint density at radius 1 is 1.19 bits per heavy atom. The lowest BCUT2D eigenvalue weighted by Crippen LogP contribution is -2.47. The van der Waals surface area contributed by atoms with Crippen LogP contribution < -0.4 is 11.1 Å². The van der Waals surface area contributed by atoms with Crippen molar-refractivity contribution in [2.24, 2.45) is 35.3 Å². The van der Waals surface area contributed by atoms with Gasteiger partial charge in [-0.25, -0.2) is 0 Å². The van der Waals surface area contributed by atoms with Crippen LogP contribution in [0.5, 0.6) is 0 Å². The highest BCUT2D eigenvalue weighted by Gasteiger charge is 2.38. The third kappa shape index (κ3) is 8.36. The molecule has 0 amide bonds. The molecule has 8 unspecified atom stereocenters. The summed E-state index contributed by atoms with van der Waals surface area (Å²) in [4.78, 5) is 0. The Balaban J connectivity index is 2.94. The van der Waals surface area contributed by atoms with Crippen LogP contribution in [0.15, 0.2) is 0 Å². The number of rotatable bonds is 15. The van der Waals surface area contributed by atoms with Crippen LogP contribution in [0, 0.1) is 29.6 Å². The molecule has 0 aromatic rings. The fraction of sp³-hybridized carbons (Fsp3) is 1.00. The monoisotopic (exact) mass is 386 g/mol. The number of nitrogens with two attached hydrogens (primary N) is 1. The average Bonchev–Trinajstić information content (AvgIpc) is 3.43. The topological polar surface area (TPSA) is 80.0 Å². The molecule has 0 spiro atoms. The molecule has 1 fully saturated rings. The van der Waals surface area contributed by atoms with Gasteiger partial charge >= 0.3 is 0 Å². The second kappa shape index (κ2) is 12.4. The van der Waals surface area contributed by atoms with Crippen molar-refractivity contribution in [3.8, 4) is 0 Å². The quantitative estimate of drug-likeness (QED) is 0.377. The molecule has 0 aliphatic carbocycles. The molecule has 0 aromatic carbocycles. The number of aliphatic hydroxyl groups excluding tert-OH is 1. The molecule has 162 valence electrons. The van der Waals surface area contributed by atoms with E-state index in [2.05, 4.69) is 39.9 Å². The lowest BCUT2D eigenvalue weighted by Gasteiger charge is -2.43. The normalized spacial score (nSPS) is 24.9. The fourth-order valence-corrected chi connectivity index (χ4v) is 4.51. The van der Waals surface area contributed by atoms with Gasteiger partial charge in [0.1, 0.15) is 0 Å². The van der Waals surface area contributed by atoms with Gasteiger partial charge in [-0.05, 0) is 56.9 Å². The van der Waals surface area contributed by atoms with Crippen molar-refractivity contribution in [1.82, 2.24) is 5.32 Å². The highest BCUT2D eigenvalue weighted by molar-refractivity contribution is 4.89. The zero-order chi connectivity index (χ0) is 20.6. The van der Waals surface area contributed by atoms with Gasteiger partial charge in [0.15, 0.2) is 0 Å². The highest BCUT2D eigenvalue weighted by Crippen LogP contribution is 2.39. The highest BCUT2D eigenvalue weighted by atomic mass is 16.6. The second-order valence-electron chi connectivity index (χ2n) is 9.14. The first-order valence-electron chi connectivity index (χ1n) is 11.0. The Morgan fingerprint density at radius 2 is 1.81 bits per heavy atom. The van der Waals surface area contributed by atoms with Crippen LogP contribution >= 0.6 is 0 Å². The Labute approximate surface area is 167 Å². The summed E-state index contributed by atoms with van der Waals surface area (Å²) in [5.41, 5.74) is 6.00. The number of epoxide rings is 1. The van der Waals surface area contributed by atoms with Crippen LogP contribution in [0.1, 0.15) is 60.8 Å². The van der Waals surface area contributed by atoms with Gasteiger partial charge in [-0.1, -0.05) is 34.1 Å². The van der Waals surface area contributed by atoms with Crippen LogP contribution in [0.4, 0.5) is 0 Å². The first-order valence-corrected chi connectivity index (χ1v) is 11.0. The zero-order valence-electron chi connectivity index (χ0n) is 18.8. The van der Waals surface area contributed by atoms with E-state index in [0.717, 1.165) is 39.0 Å². The van der Waals surface area contributed by atoms with Gasteiger partial charge in [-0.3, -0.25) is 0 Å². The summed E-state index contributed by atoms with van der Waals surface area (Å²) in [6.07, 6.45) is 2.96. The summed E-state index contributed by atoms with van der Waals surface area (Å²) in [7, 11) is 1.80. The lowest BCUT2D eigenvalue weighted by molar-refractivity contribution is 0.00764. The van der Waals surface area contributed by atoms with E-state index in [1.54, 1.807) is 7.11 Å². The van der Waals surface area contributed by atoms with Crippen molar-refractivity contribution in [2.75, 3.05) is 26.9 Å². The van der Waals surface area contributed by atoms with E-state index in [-0.39, 0.29) is 6.04 Å². The van der Waals surface area contributed by atoms with E-state index in [1.807, 2.05) is 6.92 Å². The molecule has 1 aliphatic heterocycles. The number of hydrogen-bond acceptors (Lipinski definition) is 5. The molecule has 1 aliphatic rings. The van der Waals surface area contributed by atoms with Gasteiger partial charge in [-0.2, -0.15) is 0 Å². The number of aliphatic hydroxyl groups is 1. The van der Waals surface area contributed by atoms with Gasteiger partial charge in [-0.15, -0.1) is 0 Å². The van der Waals surface area contributed by atoms with Crippen molar-refractivity contribution in [3.05, 3.63) is 0 Å². The van der Waals surface area contributed by atoms with Crippen LogP contribution in [-0.2, 0) is 9.47 Å². The van der Waals surface area contributed by atoms with E-state index in [4.69, 9.17) is 15.2 Å². The van der Waals surface area contributed by atoms with E-state index in [9.17, 15) is 5.11 Å². The molecule has 8 atom stereocenters. The van der Waals surface area contributed by atoms with Crippen LogP contribution in [-0.4, -0.2) is 56.3 Å². The second-order valence-corrected chi connectivity index (χ2v) is 9.14. The molecule has 1 rings (SSSR count). The van der Waals surface area contributed by atoms with E-state index >= 15 is 0 Å². The number of ether oxygens (including phenoxy) is 2. The van der Waals surface area contributed by atoms with Gasteiger partial charge in [0.05, 0.1) is 25.4 Å². The summed E-state index contributed by atoms with van der Waals surface area (Å²) < 4.78 is 11.0. The molecular weight excluding hydrogens is 340 g/mol. The standard InChI is InChI=1S/C22H46N2O3/c1-8-15(4)19(11-21(25)16(5)23)22(14(2)3)20(13-26-7)17(6)24-10-9-18-12-27-18/h14-22,24-25H,8-13,23H2,1-7H3. The van der Waals surface area contributed by atoms with Gasteiger partial charge in [0.2, 0.25) is 0 Å². The molecule has 5 nitrogen and oxygen atoms in total. The molecule has 0 bridgehead atoms. The van der Waals surface area contributed by atoms with Gasteiger partial charge in [0, 0.05) is 25.1 Å². The third-order valence-electron chi connectivity index (χ3n) is 6.59. The predicted molar refractivity (Wildman–Crippen MR) is 113 cm³/mol. The van der Waals surface area contributed by atoms with Gasteiger partial charge in [0.25, 0.3) is 0 Å². The molecule has 27 heavy (non-hydrogen) atoms. The zero-order valence-corrected chi connectivity index (χ0v) is 18.8. The molecule has 0 aromatic heterocycles. The Kier molecular flexibility index (Phi) is 11.4. The maximum absolute atomic E-state index is 10.5. The van der Waals surface area contributed by atoms with Gasteiger partial charge < -0.3 is 25.6 Å². The minimum atomic E-state index is -0.455. The minimum absolute atomic E-state index is 0.195. The Morgan fingerprint density at radius 3 is 2.26 bits per heavy atom.